The van der Waals surface area contributed by atoms with Gasteiger partial charge in [-0.25, -0.2) is 4.79 Å². The van der Waals surface area contributed by atoms with Gasteiger partial charge in [-0.15, -0.1) is 0 Å². The molecule has 0 radical (unpaired) electrons. The first-order valence-electron chi connectivity index (χ1n) is 4.58. The Morgan fingerprint density at radius 2 is 2.67 bits per heavy atom. The predicted molar refractivity (Wildman–Crippen MR) is 51.0 cm³/mol. The standard InChI is InChI=1S/C7H12N6O2/c8-7(14)10-5-3-9-1-2-13(5)6-4-15-12-11-6/h4-5,9H,1-3H2,(H3,8,10,14). The molecule has 8 nitrogen and oxygen atoms in total. The zero-order chi connectivity index (χ0) is 10.7. The van der Waals surface area contributed by atoms with Gasteiger partial charge in [-0.2, -0.15) is 0 Å². The number of amides is 2. The fourth-order valence-corrected chi connectivity index (χ4v) is 1.56. The lowest BCUT2D eigenvalue weighted by atomic mass is 10.3. The van der Waals surface area contributed by atoms with Crippen LogP contribution in [0.4, 0.5) is 10.6 Å². The summed E-state index contributed by atoms with van der Waals surface area (Å²) in [5.41, 5.74) is 5.07. The molecule has 1 unspecified atom stereocenters. The van der Waals surface area contributed by atoms with Crippen molar-refractivity contribution in [1.29, 1.82) is 0 Å². The lowest BCUT2D eigenvalue weighted by molar-refractivity contribution is 0.243. The first-order valence-corrected chi connectivity index (χ1v) is 4.58. The Morgan fingerprint density at radius 3 is 3.33 bits per heavy atom. The van der Waals surface area contributed by atoms with Crippen LogP contribution in [0.15, 0.2) is 10.8 Å². The highest BCUT2D eigenvalue weighted by Gasteiger charge is 2.25. The van der Waals surface area contributed by atoms with E-state index in [-0.39, 0.29) is 6.17 Å². The van der Waals surface area contributed by atoms with Crippen LogP contribution in [0.2, 0.25) is 0 Å². The molecule has 1 fully saturated rings. The molecule has 0 spiro atoms. The first kappa shape index (κ1) is 9.71. The zero-order valence-corrected chi connectivity index (χ0v) is 8.01. The number of nitrogens with two attached hydrogens (primary N) is 1. The van der Waals surface area contributed by atoms with Crippen molar-refractivity contribution in [2.75, 3.05) is 24.5 Å². The first-order chi connectivity index (χ1) is 7.27. The third kappa shape index (κ3) is 2.15. The quantitative estimate of drug-likeness (QED) is 0.549. The molecular formula is C7H12N6O2. The third-order valence-electron chi connectivity index (χ3n) is 2.20. The second-order valence-corrected chi connectivity index (χ2v) is 3.19. The van der Waals surface area contributed by atoms with Gasteiger partial charge in [0.1, 0.15) is 6.17 Å². The summed E-state index contributed by atoms with van der Waals surface area (Å²) in [5, 5.41) is 12.9. The van der Waals surface area contributed by atoms with Gasteiger partial charge in [-0.1, -0.05) is 5.10 Å². The maximum atomic E-state index is 10.8. The summed E-state index contributed by atoms with van der Waals surface area (Å²) in [4.78, 5) is 12.7. The highest BCUT2D eigenvalue weighted by Crippen LogP contribution is 2.12. The van der Waals surface area contributed by atoms with Crippen molar-refractivity contribution >= 4 is 11.8 Å². The van der Waals surface area contributed by atoms with Crippen molar-refractivity contribution in [1.82, 2.24) is 21.0 Å². The average molecular weight is 212 g/mol. The lowest BCUT2D eigenvalue weighted by Gasteiger charge is -2.35. The summed E-state index contributed by atoms with van der Waals surface area (Å²) in [7, 11) is 0. The molecule has 0 saturated carbocycles. The Balaban J connectivity index is 2.09. The molecule has 1 atom stereocenters. The number of urea groups is 1. The van der Waals surface area contributed by atoms with Crippen LogP contribution in [0, 0.1) is 0 Å². The summed E-state index contributed by atoms with van der Waals surface area (Å²) >= 11 is 0. The second kappa shape index (κ2) is 4.13. The number of nitrogens with zero attached hydrogens (tertiary/aromatic N) is 3. The van der Waals surface area contributed by atoms with Gasteiger partial charge in [0, 0.05) is 24.9 Å². The van der Waals surface area contributed by atoms with E-state index in [9.17, 15) is 4.79 Å². The fourth-order valence-electron chi connectivity index (χ4n) is 1.56. The number of piperazine rings is 1. The molecule has 0 aromatic carbocycles. The van der Waals surface area contributed by atoms with Crippen LogP contribution in [-0.4, -0.2) is 42.2 Å². The van der Waals surface area contributed by atoms with Gasteiger partial charge in [0.15, 0.2) is 12.1 Å². The molecule has 2 amide bonds. The lowest BCUT2D eigenvalue weighted by Crippen LogP contribution is -2.60. The van der Waals surface area contributed by atoms with Crippen molar-refractivity contribution < 1.29 is 9.32 Å². The minimum Gasteiger partial charge on any atom is -0.352 e. The number of anilines is 1. The van der Waals surface area contributed by atoms with E-state index >= 15 is 0 Å². The highest BCUT2D eigenvalue weighted by molar-refractivity contribution is 5.72. The summed E-state index contributed by atoms with van der Waals surface area (Å²) in [6.45, 7) is 2.12. The van der Waals surface area contributed by atoms with Crippen LogP contribution in [0.1, 0.15) is 0 Å². The van der Waals surface area contributed by atoms with E-state index in [0.717, 1.165) is 6.54 Å². The van der Waals surface area contributed by atoms with Crippen molar-refractivity contribution in [3.05, 3.63) is 6.26 Å². The van der Waals surface area contributed by atoms with Crippen LogP contribution >= 0.6 is 0 Å². The van der Waals surface area contributed by atoms with Gasteiger partial charge >= 0.3 is 6.03 Å². The molecule has 1 aliphatic rings. The number of carbonyl (C=O) groups is 1. The summed E-state index contributed by atoms with van der Waals surface area (Å²) in [6.07, 6.45) is 1.21. The SMILES string of the molecule is NC(=O)NC1CNCCN1c1conn1. The Morgan fingerprint density at radius 1 is 1.80 bits per heavy atom. The average Bonchev–Trinajstić information content (AvgIpc) is 2.70. The molecule has 2 heterocycles. The molecule has 1 saturated heterocycles. The normalized spacial score (nSPS) is 21.3. The van der Waals surface area contributed by atoms with Gasteiger partial charge in [-0.3, -0.25) is 0 Å². The number of carbonyl (C=O) groups excluding carboxylic acids is 1. The highest BCUT2D eigenvalue weighted by atomic mass is 16.5. The third-order valence-corrected chi connectivity index (χ3v) is 2.20. The van der Waals surface area contributed by atoms with Gasteiger partial charge in [0.2, 0.25) is 0 Å². The van der Waals surface area contributed by atoms with Gasteiger partial charge < -0.3 is 25.8 Å². The molecule has 15 heavy (non-hydrogen) atoms. The number of primary amides is 1. The van der Waals surface area contributed by atoms with Gasteiger partial charge in [0.25, 0.3) is 0 Å². The summed E-state index contributed by atoms with van der Waals surface area (Å²) in [6, 6.07) is -0.565. The van der Waals surface area contributed by atoms with Crippen molar-refractivity contribution in [2.24, 2.45) is 5.73 Å². The molecule has 4 N–H and O–H groups in total. The van der Waals surface area contributed by atoms with Crippen LogP contribution in [-0.2, 0) is 0 Å². The molecule has 0 bridgehead atoms. The monoisotopic (exact) mass is 212 g/mol. The zero-order valence-electron chi connectivity index (χ0n) is 8.01. The summed E-state index contributed by atoms with van der Waals surface area (Å²) in [5.74, 6) is 0.593. The minimum atomic E-state index is -0.565. The van der Waals surface area contributed by atoms with E-state index < -0.39 is 6.03 Å². The molecule has 8 heteroatoms. The Hall–Kier alpha value is -1.83. The van der Waals surface area contributed by atoms with Crippen LogP contribution in [0.3, 0.4) is 0 Å². The van der Waals surface area contributed by atoms with Gasteiger partial charge in [0.05, 0.1) is 0 Å². The van der Waals surface area contributed by atoms with E-state index in [2.05, 4.69) is 25.5 Å². The maximum absolute atomic E-state index is 10.8. The van der Waals surface area contributed by atoms with Gasteiger partial charge in [-0.05, 0) is 0 Å². The Kier molecular flexibility index (Phi) is 2.68. The van der Waals surface area contributed by atoms with E-state index in [1.807, 2.05) is 4.90 Å². The van der Waals surface area contributed by atoms with Crippen molar-refractivity contribution in [2.45, 2.75) is 6.17 Å². The van der Waals surface area contributed by atoms with Crippen LogP contribution < -0.4 is 21.3 Å². The number of rotatable bonds is 2. The largest absolute Gasteiger partial charge is 0.352 e. The van der Waals surface area contributed by atoms with Crippen LogP contribution in [0.25, 0.3) is 0 Å². The van der Waals surface area contributed by atoms with Crippen molar-refractivity contribution in [3.63, 3.8) is 0 Å². The van der Waals surface area contributed by atoms with Crippen molar-refractivity contribution in [3.8, 4) is 0 Å². The predicted octanol–water partition coefficient (Wildman–Crippen LogP) is -1.53. The minimum absolute atomic E-state index is 0.219. The number of aromatic nitrogens is 2. The molecular weight excluding hydrogens is 200 g/mol. The smallest absolute Gasteiger partial charge is 0.313 e. The van der Waals surface area contributed by atoms with Crippen LogP contribution in [0.5, 0.6) is 0 Å². The molecule has 2 rings (SSSR count). The number of hydrogen-bond acceptors (Lipinski definition) is 6. The topological polar surface area (TPSA) is 109 Å². The maximum Gasteiger partial charge on any atom is 0.313 e. The van der Waals surface area contributed by atoms with E-state index in [1.54, 1.807) is 0 Å². The Bertz CT molecular complexity index is 326. The van der Waals surface area contributed by atoms with E-state index in [1.165, 1.54) is 6.26 Å². The number of nitrogens with one attached hydrogen (secondary N) is 2. The molecule has 82 valence electrons. The molecule has 1 aromatic heterocycles. The molecule has 1 aromatic rings. The van der Waals surface area contributed by atoms with E-state index in [0.29, 0.717) is 18.9 Å². The molecule has 1 aliphatic heterocycles. The second-order valence-electron chi connectivity index (χ2n) is 3.19. The summed E-state index contributed by atoms with van der Waals surface area (Å²) < 4.78 is 4.65. The Labute approximate surface area is 85.8 Å². The number of hydrogen-bond donors (Lipinski definition) is 3. The van der Waals surface area contributed by atoms with E-state index in [4.69, 9.17) is 5.73 Å². The molecule has 0 aliphatic carbocycles. The fraction of sp³-hybridized carbons (Fsp3) is 0.571.